The number of anilines is 1. The first-order valence-corrected chi connectivity index (χ1v) is 8.07. The van der Waals surface area contributed by atoms with Crippen LogP contribution in [0.15, 0.2) is 53.1 Å². The molecule has 0 spiro atoms. The van der Waals surface area contributed by atoms with Crippen LogP contribution in [0.3, 0.4) is 0 Å². The predicted molar refractivity (Wildman–Crippen MR) is 92.6 cm³/mol. The van der Waals surface area contributed by atoms with Crippen LogP contribution in [0, 0.1) is 0 Å². The molecule has 21 heavy (non-hydrogen) atoms. The van der Waals surface area contributed by atoms with Crippen LogP contribution in [-0.2, 0) is 6.54 Å². The lowest BCUT2D eigenvalue weighted by molar-refractivity contribution is 0.357. The van der Waals surface area contributed by atoms with Crippen molar-refractivity contribution in [2.75, 3.05) is 31.6 Å². The van der Waals surface area contributed by atoms with E-state index in [0.29, 0.717) is 0 Å². The van der Waals surface area contributed by atoms with Crippen molar-refractivity contribution in [2.24, 2.45) is 0 Å². The van der Waals surface area contributed by atoms with Crippen molar-refractivity contribution in [3.05, 3.63) is 58.7 Å². The van der Waals surface area contributed by atoms with Crippen LogP contribution in [-0.4, -0.2) is 36.6 Å². The van der Waals surface area contributed by atoms with Crippen molar-refractivity contribution in [3.8, 4) is 0 Å². The van der Waals surface area contributed by atoms with E-state index in [0.717, 1.165) is 36.5 Å². The molecule has 0 aliphatic carbocycles. The highest BCUT2D eigenvalue weighted by molar-refractivity contribution is 9.10. The Kier molecular flexibility index (Phi) is 6.21. The van der Waals surface area contributed by atoms with E-state index in [-0.39, 0.29) is 0 Å². The van der Waals surface area contributed by atoms with Crippen LogP contribution in [0.25, 0.3) is 0 Å². The molecule has 1 aromatic heterocycles. The highest BCUT2D eigenvalue weighted by Crippen LogP contribution is 2.16. The largest absolute Gasteiger partial charge is 0.351 e. The number of halogens is 1. The molecule has 0 aliphatic heterocycles. The summed E-state index contributed by atoms with van der Waals surface area (Å²) in [5.41, 5.74) is 1.29. The van der Waals surface area contributed by atoms with E-state index in [9.17, 15) is 0 Å². The fourth-order valence-corrected chi connectivity index (χ4v) is 2.34. The lowest BCUT2D eigenvalue weighted by Crippen LogP contribution is -2.33. The first-order valence-electron chi connectivity index (χ1n) is 7.28. The van der Waals surface area contributed by atoms with Gasteiger partial charge < -0.3 is 9.80 Å². The summed E-state index contributed by atoms with van der Waals surface area (Å²) >= 11 is 3.48. The zero-order valence-electron chi connectivity index (χ0n) is 12.7. The molecular formula is C17H22BrN3. The molecule has 4 heteroatoms. The second-order valence-electron chi connectivity index (χ2n) is 5.13. The summed E-state index contributed by atoms with van der Waals surface area (Å²) in [7, 11) is 2.15. The van der Waals surface area contributed by atoms with Gasteiger partial charge in [0, 0.05) is 30.3 Å². The zero-order valence-corrected chi connectivity index (χ0v) is 14.3. The predicted octanol–water partition coefficient (Wildman–Crippen LogP) is 3.80. The Balaban J connectivity index is 2.09. The molecule has 0 bridgehead atoms. The summed E-state index contributed by atoms with van der Waals surface area (Å²) in [6, 6.07) is 14.6. The van der Waals surface area contributed by atoms with Gasteiger partial charge in [0.25, 0.3) is 0 Å². The van der Waals surface area contributed by atoms with Crippen molar-refractivity contribution in [1.82, 2.24) is 9.88 Å². The monoisotopic (exact) mass is 347 g/mol. The van der Waals surface area contributed by atoms with Gasteiger partial charge in [-0.3, -0.25) is 0 Å². The number of pyridine rings is 1. The van der Waals surface area contributed by atoms with E-state index in [1.54, 1.807) is 0 Å². The van der Waals surface area contributed by atoms with Gasteiger partial charge in [-0.25, -0.2) is 4.98 Å². The minimum absolute atomic E-state index is 0.877. The van der Waals surface area contributed by atoms with Crippen molar-refractivity contribution in [1.29, 1.82) is 0 Å². The Hall–Kier alpha value is -1.39. The molecule has 1 heterocycles. The van der Waals surface area contributed by atoms with Gasteiger partial charge in [0.15, 0.2) is 0 Å². The summed E-state index contributed by atoms with van der Waals surface area (Å²) in [4.78, 5) is 9.14. The molecule has 0 atom stereocenters. The van der Waals surface area contributed by atoms with E-state index in [2.05, 4.69) is 75.0 Å². The van der Waals surface area contributed by atoms with Crippen molar-refractivity contribution >= 4 is 21.7 Å². The number of nitrogens with zero attached hydrogens (tertiary/aromatic N) is 3. The molecule has 2 aromatic rings. The summed E-state index contributed by atoms with van der Waals surface area (Å²) in [5.74, 6) is 1.03. The molecule has 3 nitrogen and oxygen atoms in total. The van der Waals surface area contributed by atoms with Gasteiger partial charge in [0.2, 0.25) is 0 Å². The van der Waals surface area contributed by atoms with Crippen molar-refractivity contribution < 1.29 is 0 Å². The van der Waals surface area contributed by atoms with Crippen LogP contribution in [0.2, 0.25) is 0 Å². The van der Waals surface area contributed by atoms with Crippen LogP contribution in [0.1, 0.15) is 12.5 Å². The third kappa shape index (κ3) is 5.14. The highest BCUT2D eigenvalue weighted by Gasteiger charge is 2.09. The zero-order chi connectivity index (χ0) is 15.1. The molecule has 0 amide bonds. The third-order valence-electron chi connectivity index (χ3n) is 3.55. The number of hydrogen-bond acceptors (Lipinski definition) is 3. The first-order chi connectivity index (χ1) is 10.2. The lowest BCUT2D eigenvalue weighted by Gasteiger charge is -2.26. The molecule has 0 saturated heterocycles. The fraction of sp³-hybridized carbons (Fsp3) is 0.353. The average molecular weight is 348 g/mol. The molecule has 0 radical (unpaired) electrons. The average Bonchev–Trinajstić information content (AvgIpc) is 2.53. The number of hydrogen-bond donors (Lipinski definition) is 0. The molecule has 0 saturated carbocycles. The van der Waals surface area contributed by atoms with Gasteiger partial charge in [-0.05, 0) is 43.4 Å². The minimum Gasteiger partial charge on any atom is -0.351 e. The summed E-state index contributed by atoms with van der Waals surface area (Å²) in [6.45, 7) is 6.12. The fourth-order valence-electron chi connectivity index (χ4n) is 2.08. The second kappa shape index (κ2) is 8.15. The highest BCUT2D eigenvalue weighted by atomic mass is 79.9. The maximum absolute atomic E-state index is 4.49. The molecule has 0 N–H and O–H groups in total. The van der Waals surface area contributed by atoms with Crippen LogP contribution < -0.4 is 4.90 Å². The van der Waals surface area contributed by atoms with E-state index in [4.69, 9.17) is 0 Å². The quantitative estimate of drug-likeness (QED) is 0.759. The number of likely N-dealkylation sites (N-methyl/N-ethyl adjacent to an activating group) is 1. The summed E-state index contributed by atoms with van der Waals surface area (Å²) < 4.78 is 1.11. The Bertz CT molecular complexity index is 527. The van der Waals surface area contributed by atoms with Crippen LogP contribution in [0.5, 0.6) is 0 Å². The number of benzene rings is 1. The first kappa shape index (κ1) is 16.0. The van der Waals surface area contributed by atoms with E-state index in [1.807, 2.05) is 18.3 Å². The Labute approximate surface area is 135 Å². The second-order valence-corrected chi connectivity index (χ2v) is 6.05. The molecule has 0 fully saturated rings. The Morgan fingerprint density at radius 3 is 2.43 bits per heavy atom. The SMILES string of the molecule is CCN(C)CCN(Cc1ccc(Br)cc1)c1ccccn1. The molecular weight excluding hydrogens is 326 g/mol. The molecule has 0 unspecified atom stereocenters. The van der Waals surface area contributed by atoms with Crippen LogP contribution in [0.4, 0.5) is 5.82 Å². The summed E-state index contributed by atoms with van der Waals surface area (Å²) in [6.07, 6.45) is 1.85. The van der Waals surface area contributed by atoms with E-state index >= 15 is 0 Å². The van der Waals surface area contributed by atoms with E-state index < -0.39 is 0 Å². The maximum Gasteiger partial charge on any atom is 0.128 e. The van der Waals surface area contributed by atoms with Crippen molar-refractivity contribution in [3.63, 3.8) is 0 Å². The standard InChI is InChI=1S/C17H22BrN3/c1-3-20(2)12-13-21(17-6-4-5-11-19-17)14-15-7-9-16(18)10-8-15/h4-11H,3,12-14H2,1-2H3. The van der Waals surface area contributed by atoms with Gasteiger partial charge in [0.05, 0.1) is 0 Å². The lowest BCUT2D eigenvalue weighted by atomic mass is 10.2. The van der Waals surface area contributed by atoms with E-state index in [1.165, 1.54) is 5.56 Å². The van der Waals surface area contributed by atoms with Gasteiger partial charge in [-0.1, -0.05) is 41.1 Å². The van der Waals surface area contributed by atoms with Crippen molar-refractivity contribution in [2.45, 2.75) is 13.5 Å². The smallest absolute Gasteiger partial charge is 0.128 e. The number of aromatic nitrogens is 1. The number of rotatable bonds is 7. The normalized spacial score (nSPS) is 10.9. The topological polar surface area (TPSA) is 19.4 Å². The van der Waals surface area contributed by atoms with Gasteiger partial charge in [-0.15, -0.1) is 0 Å². The molecule has 112 valence electrons. The minimum atomic E-state index is 0.877. The maximum atomic E-state index is 4.49. The summed E-state index contributed by atoms with van der Waals surface area (Å²) in [5, 5.41) is 0. The molecule has 0 aliphatic rings. The van der Waals surface area contributed by atoms with Gasteiger partial charge in [-0.2, -0.15) is 0 Å². The van der Waals surface area contributed by atoms with Gasteiger partial charge >= 0.3 is 0 Å². The van der Waals surface area contributed by atoms with Gasteiger partial charge in [0.1, 0.15) is 5.82 Å². The Morgan fingerprint density at radius 1 is 1.05 bits per heavy atom. The van der Waals surface area contributed by atoms with Crippen LogP contribution >= 0.6 is 15.9 Å². The Morgan fingerprint density at radius 2 is 1.81 bits per heavy atom. The molecule has 2 rings (SSSR count). The molecule has 1 aromatic carbocycles. The third-order valence-corrected chi connectivity index (χ3v) is 4.08.